The van der Waals surface area contributed by atoms with Crippen LogP contribution in [0.25, 0.3) is 0 Å². The summed E-state index contributed by atoms with van der Waals surface area (Å²) < 4.78 is 0. The predicted octanol–water partition coefficient (Wildman–Crippen LogP) is -6.43. The first-order valence-corrected chi connectivity index (χ1v) is 0.894. The van der Waals surface area contributed by atoms with Crippen molar-refractivity contribution < 1.29 is 129 Å². The normalized spacial score (nSPS) is 0.667. The van der Waals surface area contributed by atoms with Gasteiger partial charge in [0.05, 0.1) is 0 Å². The minimum Gasteiger partial charge on any atom is -0.512 e. The average molecular weight is 307 g/mol. The van der Waals surface area contributed by atoms with E-state index < -0.39 is 0 Å². The summed E-state index contributed by atoms with van der Waals surface area (Å²) in [7, 11) is 0. The summed E-state index contributed by atoms with van der Waals surface area (Å²) in [6, 6.07) is 0. The van der Waals surface area contributed by atoms with E-state index in [0.29, 0.717) is 0 Å². The zero-order chi connectivity index (χ0) is 8.00. The minimum absolute atomic E-state index is 0. The zero-order valence-electron chi connectivity index (χ0n) is 6.61. The molecule has 5 nitrogen and oxygen atoms in total. The molecule has 0 aromatic rings. The fourth-order valence-electron chi connectivity index (χ4n) is 0. The van der Waals surface area contributed by atoms with Gasteiger partial charge < -0.3 is 17.3 Å². The van der Waals surface area contributed by atoms with Crippen LogP contribution < -0.4 is 103 Å². The molecule has 0 saturated heterocycles. The number of rotatable bonds is 0. The van der Waals surface area contributed by atoms with E-state index in [1.165, 1.54) is 0 Å². The van der Waals surface area contributed by atoms with E-state index >= 15 is 0 Å². The van der Waals surface area contributed by atoms with Gasteiger partial charge in [0, 0.05) is 20.4 Å². The van der Waals surface area contributed by atoms with Gasteiger partial charge in [-0.15, -0.1) is 0 Å². The third-order valence-electron chi connectivity index (χ3n) is 0. The van der Waals surface area contributed by atoms with Crippen LogP contribution in [0.3, 0.4) is 0 Å². The SMILES string of the molecule is O.[C-]#N.[C]#N.[C]#N.[C]#N.[K+].[K+].[Pd]. The van der Waals surface area contributed by atoms with E-state index in [2.05, 4.69) is 0 Å². The summed E-state index contributed by atoms with van der Waals surface area (Å²) in [5.74, 6) is 0. The molecule has 0 heterocycles. The van der Waals surface area contributed by atoms with Gasteiger partial charge in [0.2, 0.25) is 0 Å². The van der Waals surface area contributed by atoms with Crippen LogP contribution in [0.2, 0.25) is 0 Å². The molecule has 0 aliphatic heterocycles. The van der Waals surface area contributed by atoms with Crippen molar-refractivity contribution in [2.24, 2.45) is 0 Å². The van der Waals surface area contributed by atoms with Gasteiger partial charge >= 0.3 is 103 Å². The number of hydrogen-bond donors (Lipinski definition) is 0. The molecule has 0 rings (SSSR count). The average Bonchev–Trinajstić information content (AvgIpc) is 2.03. The summed E-state index contributed by atoms with van der Waals surface area (Å²) in [6.45, 7) is 19.0. The fraction of sp³-hybridized carbons (Fsp3) is 0. The predicted molar refractivity (Wildman–Crippen MR) is 23.5 cm³/mol. The Bertz CT molecular complexity index is 68.0. The largest absolute Gasteiger partial charge is 1.00 e. The third-order valence-corrected chi connectivity index (χ3v) is 0. The smallest absolute Gasteiger partial charge is 0.512 e. The van der Waals surface area contributed by atoms with Crippen molar-refractivity contribution >= 4 is 0 Å². The fourth-order valence-corrected chi connectivity index (χ4v) is 0. The van der Waals surface area contributed by atoms with Gasteiger partial charge in [-0.2, -0.15) is 15.8 Å². The molecule has 0 bridgehead atoms. The van der Waals surface area contributed by atoms with Crippen molar-refractivity contribution in [3.8, 4) is 0 Å². The summed E-state index contributed by atoms with van der Waals surface area (Å²) in [6.07, 6.45) is 0. The Labute approximate surface area is 172 Å². The topological polar surface area (TPSA) is 127 Å². The molecule has 0 spiro atoms. The van der Waals surface area contributed by atoms with Crippen LogP contribution in [0, 0.1) is 47.3 Å². The first-order valence-electron chi connectivity index (χ1n) is 0.894. The molecule has 0 aromatic carbocycles. The molecular weight excluding hydrogens is 305 g/mol. The summed E-state index contributed by atoms with van der Waals surface area (Å²) in [5, 5.41) is 25.0. The van der Waals surface area contributed by atoms with Crippen LogP contribution in [-0.2, 0) is 20.4 Å². The van der Waals surface area contributed by atoms with E-state index in [4.69, 9.17) is 47.3 Å². The van der Waals surface area contributed by atoms with Crippen molar-refractivity contribution in [1.82, 2.24) is 0 Å². The Morgan fingerprint density at radius 3 is 0.667 bits per heavy atom. The molecule has 12 heavy (non-hydrogen) atoms. The minimum atomic E-state index is 0. The Morgan fingerprint density at radius 2 is 0.667 bits per heavy atom. The molecule has 0 saturated carbocycles. The first kappa shape index (κ1) is 66.8. The second-order valence-corrected chi connectivity index (χ2v) is 0. The zero-order valence-corrected chi connectivity index (χ0v) is 14.4. The van der Waals surface area contributed by atoms with Gasteiger partial charge in [0.1, 0.15) is 0 Å². The Morgan fingerprint density at radius 1 is 0.667 bits per heavy atom. The molecule has 0 unspecified atom stereocenters. The molecule has 0 fully saturated rings. The van der Waals surface area contributed by atoms with Gasteiger partial charge in [0.15, 0.2) is 19.7 Å². The monoisotopic (exact) mass is 306 g/mol. The van der Waals surface area contributed by atoms with Crippen molar-refractivity contribution in [3.63, 3.8) is 0 Å². The molecule has 0 atom stereocenters. The molecule has 0 amide bonds. The summed E-state index contributed by atoms with van der Waals surface area (Å²) in [4.78, 5) is 0. The molecule has 8 heteroatoms. The molecule has 0 aromatic heterocycles. The summed E-state index contributed by atoms with van der Waals surface area (Å²) in [5.41, 5.74) is 0. The number of hydrogen-bond acceptors (Lipinski definition) is 4. The van der Waals surface area contributed by atoms with Crippen molar-refractivity contribution in [3.05, 3.63) is 26.3 Å². The maximum atomic E-state index is 6.25. The van der Waals surface area contributed by atoms with Crippen LogP contribution in [0.4, 0.5) is 0 Å². The van der Waals surface area contributed by atoms with Crippen molar-refractivity contribution in [2.75, 3.05) is 0 Å². The second-order valence-electron chi connectivity index (χ2n) is 0. The Hall–Kier alpha value is 1.86. The Balaban J connectivity index is -0.00000000267. The van der Waals surface area contributed by atoms with Gasteiger partial charge in [-0.25, -0.2) is 0 Å². The van der Waals surface area contributed by atoms with Gasteiger partial charge in [-0.1, -0.05) is 0 Å². The van der Waals surface area contributed by atoms with E-state index in [0.717, 1.165) is 0 Å². The molecule has 0 aliphatic carbocycles. The van der Waals surface area contributed by atoms with Gasteiger partial charge in [-0.05, 0) is 0 Å². The van der Waals surface area contributed by atoms with Crippen LogP contribution in [0.5, 0.6) is 0 Å². The van der Waals surface area contributed by atoms with E-state index in [-0.39, 0.29) is 129 Å². The number of nitrogens with zero attached hydrogens (tertiary/aromatic N) is 4. The van der Waals surface area contributed by atoms with E-state index in [9.17, 15) is 0 Å². The standard InChI is InChI=1S/4CN.2K.H2O.Pd/c4*1-2;;;;/h;;;;;;1H2;/q;;;-1;2*+1;;. The molecule has 3 radical (unpaired) electrons. The quantitative estimate of drug-likeness (QED) is 0.326. The molecule has 55 valence electrons. The maximum absolute atomic E-state index is 6.25. The summed E-state index contributed by atoms with van der Waals surface area (Å²) >= 11 is 0. The molecule has 2 N–H and O–H groups in total. The van der Waals surface area contributed by atoms with Gasteiger partial charge in [-0.3, -0.25) is 0 Å². The van der Waals surface area contributed by atoms with Crippen LogP contribution in [-0.4, -0.2) is 5.48 Å². The Kier molecular flexibility index (Phi) is 2920. The van der Waals surface area contributed by atoms with Crippen LogP contribution in [0.15, 0.2) is 0 Å². The maximum Gasteiger partial charge on any atom is 1.00 e. The van der Waals surface area contributed by atoms with Crippen LogP contribution in [0.1, 0.15) is 0 Å². The van der Waals surface area contributed by atoms with Crippen molar-refractivity contribution in [1.29, 1.82) is 21.0 Å². The third kappa shape index (κ3) is 406. The second kappa shape index (κ2) is 525. The van der Waals surface area contributed by atoms with Crippen LogP contribution >= 0.6 is 0 Å². The van der Waals surface area contributed by atoms with Crippen molar-refractivity contribution in [2.45, 2.75) is 0 Å². The van der Waals surface area contributed by atoms with Gasteiger partial charge in [0.25, 0.3) is 0 Å². The van der Waals surface area contributed by atoms with E-state index in [1.807, 2.05) is 0 Å². The first-order chi connectivity index (χ1) is 4.00. The molecule has 0 aliphatic rings. The van der Waals surface area contributed by atoms with E-state index in [1.54, 1.807) is 0 Å². The molecular formula is C4H2K2N4OPd+.